The molecule has 6 nitrogen and oxygen atoms in total. The van der Waals surface area contributed by atoms with Crippen LogP contribution in [0.2, 0.25) is 0 Å². The Morgan fingerprint density at radius 2 is 2.14 bits per heavy atom. The van der Waals surface area contributed by atoms with Crippen LogP contribution >= 0.6 is 0 Å². The molecule has 0 aliphatic rings. The van der Waals surface area contributed by atoms with Crippen LogP contribution < -0.4 is 5.32 Å². The van der Waals surface area contributed by atoms with E-state index in [0.717, 1.165) is 6.20 Å². The van der Waals surface area contributed by atoms with Crippen molar-refractivity contribution in [3.63, 3.8) is 0 Å². The maximum absolute atomic E-state index is 13.4. The number of benzene rings is 1. The van der Waals surface area contributed by atoms with Crippen LogP contribution in [-0.2, 0) is 4.79 Å². The molecule has 2 N–H and O–H groups in total. The topological polar surface area (TPSA) is 84.2 Å². The Morgan fingerprint density at radius 1 is 1.43 bits per heavy atom. The molecule has 0 radical (unpaired) electrons. The van der Waals surface area contributed by atoms with E-state index in [1.165, 1.54) is 16.9 Å². The van der Waals surface area contributed by atoms with Gasteiger partial charge < -0.3 is 10.4 Å². The highest BCUT2D eigenvalue weighted by atomic mass is 19.1. The molecule has 0 bridgehead atoms. The average Bonchev–Trinajstić information content (AvgIpc) is 2.92. The number of rotatable bonds is 4. The van der Waals surface area contributed by atoms with Gasteiger partial charge in [0.25, 0.3) is 0 Å². The van der Waals surface area contributed by atoms with Crippen molar-refractivity contribution in [2.24, 2.45) is 0 Å². The predicted molar refractivity (Wildman–Crippen MR) is 73.7 cm³/mol. The minimum absolute atomic E-state index is 0.00368. The standard InChI is InChI=1S/C14H14FN3O3/c1-8-3-4-11(5-12(8)15)17-13(19)9(2)18-7-10(6-16-18)14(20)21/h3-7,9H,1-2H3,(H,17,19)(H,20,21). The fourth-order valence-corrected chi connectivity index (χ4v) is 1.70. The number of amides is 1. The first-order chi connectivity index (χ1) is 9.88. The fraction of sp³-hybridized carbons (Fsp3) is 0.214. The molecule has 1 amide bonds. The number of aromatic nitrogens is 2. The van der Waals surface area contributed by atoms with Gasteiger partial charge in [0.05, 0.1) is 11.8 Å². The molecule has 0 fully saturated rings. The van der Waals surface area contributed by atoms with Crippen molar-refractivity contribution in [3.05, 3.63) is 47.5 Å². The summed E-state index contributed by atoms with van der Waals surface area (Å²) < 4.78 is 14.7. The van der Waals surface area contributed by atoms with Crippen LogP contribution in [0.15, 0.2) is 30.6 Å². The third-order valence-corrected chi connectivity index (χ3v) is 3.06. The van der Waals surface area contributed by atoms with Gasteiger partial charge in [-0.2, -0.15) is 5.10 Å². The Balaban J connectivity index is 2.11. The van der Waals surface area contributed by atoms with E-state index in [1.807, 2.05) is 0 Å². The zero-order valence-corrected chi connectivity index (χ0v) is 11.5. The number of carboxylic acid groups (broad SMARTS) is 1. The second-order valence-corrected chi connectivity index (χ2v) is 4.64. The second-order valence-electron chi connectivity index (χ2n) is 4.64. The number of anilines is 1. The number of hydrogen-bond acceptors (Lipinski definition) is 3. The molecule has 1 unspecified atom stereocenters. The van der Waals surface area contributed by atoms with Crippen molar-refractivity contribution >= 4 is 17.6 Å². The lowest BCUT2D eigenvalue weighted by molar-refractivity contribution is -0.119. The molecule has 110 valence electrons. The molecule has 7 heteroatoms. The van der Waals surface area contributed by atoms with Crippen LogP contribution in [0.4, 0.5) is 10.1 Å². The summed E-state index contributed by atoms with van der Waals surface area (Å²) in [6.07, 6.45) is 2.43. The van der Waals surface area contributed by atoms with Gasteiger partial charge in [0.15, 0.2) is 0 Å². The SMILES string of the molecule is Cc1ccc(NC(=O)C(C)n2cc(C(=O)O)cn2)cc1F. The first kappa shape index (κ1) is 14.7. The fourth-order valence-electron chi connectivity index (χ4n) is 1.70. The van der Waals surface area contributed by atoms with Gasteiger partial charge in [0, 0.05) is 11.9 Å². The third kappa shape index (κ3) is 3.25. The molecule has 0 spiro atoms. The molecule has 1 aromatic heterocycles. The molecule has 21 heavy (non-hydrogen) atoms. The maximum Gasteiger partial charge on any atom is 0.338 e. The zero-order valence-electron chi connectivity index (χ0n) is 11.5. The van der Waals surface area contributed by atoms with E-state index in [9.17, 15) is 14.0 Å². The number of hydrogen-bond donors (Lipinski definition) is 2. The Bertz CT molecular complexity index is 697. The minimum atomic E-state index is -1.12. The van der Waals surface area contributed by atoms with Gasteiger partial charge in [-0.3, -0.25) is 9.48 Å². The van der Waals surface area contributed by atoms with Gasteiger partial charge in [-0.1, -0.05) is 6.07 Å². The van der Waals surface area contributed by atoms with E-state index < -0.39 is 23.7 Å². The Morgan fingerprint density at radius 3 is 2.71 bits per heavy atom. The summed E-state index contributed by atoms with van der Waals surface area (Å²) in [6.45, 7) is 3.19. The number of aryl methyl sites for hydroxylation is 1. The van der Waals surface area contributed by atoms with Crippen molar-refractivity contribution in [1.29, 1.82) is 0 Å². The zero-order chi connectivity index (χ0) is 15.6. The molecular formula is C14H14FN3O3. The highest BCUT2D eigenvalue weighted by Gasteiger charge is 2.18. The number of aromatic carboxylic acids is 1. The van der Waals surface area contributed by atoms with Gasteiger partial charge in [0.1, 0.15) is 11.9 Å². The lowest BCUT2D eigenvalue weighted by Crippen LogP contribution is -2.24. The molecule has 0 aliphatic heterocycles. The smallest absolute Gasteiger partial charge is 0.338 e. The molecule has 0 aliphatic carbocycles. The highest BCUT2D eigenvalue weighted by molar-refractivity contribution is 5.93. The molecule has 1 heterocycles. The molecule has 0 saturated heterocycles. The number of halogens is 1. The maximum atomic E-state index is 13.4. The number of nitrogens with zero attached hydrogens (tertiary/aromatic N) is 2. The van der Waals surface area contributed by atoms with Crippen LogP contribution in [-0.4, -0.2) is 26.8 Å². The van der Waals surface area contributed by atoms with E-state index >= 15 is 0 Å². The van der Waals surface area contributed by atoms with Crippen molar-refractivity contribution in [1.82, 2.24) is 9.78 Å². The van der Waals surface area contributed by atoms with E-state index in [4.69, 9.17) is 5.11 Å². The van der Waals surface area contributed by atoms with Gasteiger partial charge in [-0.05, 0) is 31.5 Å². The monoisotopic (exact) mass is 291 g/mol. The highest BCUT2D eigenvalue weighted by Crippen LogP contribution is 2.16. The summed E-state index contributed by atoms with van der Waals surface area (Å²) in [5.74, 6) is -1.94. The lowest BCUT2D eigenvalue weighted by Gasteiger charge is -2.13. The molecule has 0 saturated carbocycles. The van der Waals surface area contributed by atoms with Gasteiger partial charge in [0.2, 0.25) is 5.91 Å². The molecule has 2 rings (SSSR count). The Labute approximate surface area is 120 Å². The number of carbonyl (C=O) groups excluding carboxylic acids is 1. The van der Waals surface area contributed by atoms with E-state index in [-0.39, 0.29) is 5.56 Å². The number of carbonyl (C=O) groups is 2. The Kier molecular flexibility index (Phi) is 4.02. The molecule has 1 atom stereocenters. The first-order valence-electron chi connectivity index (χ1n) is 6.23. The molecule has 2 aromatic rings. The van der Waals surface area contributed by atoms with Crippen molar-refractivity contribution in [2.45, 2.75) is 19.9 Å². The second kappa shape index (κ2) is 5.74. The Hall–Kier alpha value is -2.70. The number of nitrogens with one attached hydrogen (secondary N) is 1. The van der Waals surface area contributed by atoms with Crippen LogP contribution in [0.25, 0.3) is 0 Å². The first-order valence-corrected chi connectivity index (χ1v) is 6.23. The van der Waals surface area contributed by atoms with Crippen molar-refractivity contribution in [2.75, 3.05) is 5.32 Å². The van der Waals surface area contributed by atoms with E-state index in [1.54, 1.807) is 26.0 Å². The summed E-state index contributed by atoms with van der Waals surface area (Å²) in [7, 11) is 0. The van der Waals surface area contributed by atoms with Gasteiger partial charge >= 0.3 is 5.97 Å². The minimum Gasteiger partial charge on any atom is -0.478 e. The van der Waals surface area contributed by atoms with Crippen LogP contribution in [0.5, 0.6) is 0 Å². The summed E-state index contributed by atoms with van der Waals surface area (Å²) in [6, 6.07) is 3.66. The van der Waals surface area contributed by atoms with Crippen LogP contribution in [0, 0.1) is 12.7 Å². The van der Waals surface area contributed by atoms with Gasteiger partial charge in [-0.15, -0.1) is 0 Å². The predicted octanol–water partition coefficient (Wildman–Crippen LogP) is 2.23. The van der Waals surface area contributed by atoms with Crippen LogP contribution in [0.3, 0.4) is 0 Å². The van der Waals surface area contributed by atoms with Crippen molar-refractivity contribution < 1.29 is 19.1 Å². The van der Waals surface area contributed by atoms with E-state index in [2.05, 4.69) is 10.4 Å². The van der Waals surface area contributed by atoms with Gasteiger partial charge in [-0.25, -0.2) is 9.18 Å². The lowest BCUT2D eigenvalue weighted by atomic mass is 10.2. The van der Waals surface area contributed by atoms with Crippen LogP contribution in [0.1, 0.15) is 28.9 Å². The molecular weight excluding hydrogens is 277 g/mol. The number of carboxylic acids is 1. The van der Waals surface area contributed by atoms with E-state index in [0.29, 0.717) is 11.3 Å². The average molecular weight is 291 g/mol. The summed E-state index contributed by atoms with van der Waals surface area (Å²) in [5, 5.41) is 15.2. The largest absolute Gasteiger partial charge is 0.478 e. The van der Waals surface area contributed by atoms with Crippen molar-refractivity contribution in [3.8, 4) is 0 Å². The normalized spacial score (nSPS) is 12.0. The quantitative estimate of drug-likeness (QED) is 0.904. The summed E-state index contributed by atoms with van der Waals surface area (Å²) >= 11 is 0. The third-order valence-electron chi connectivity index (χ3n) is 3.06. The summed E-state index contributed by atoms with van der Waals surface area (Å²) in [4.78, 5) is 22.8. The summed E-state index contributed by atoms with van der Waals surface area (Å²) in [5.41, 5.74) is 0.816. The molecule has 1 aromatic carbocycles.